The molecule has 6 nitrogen and oxygen atoms in total. The van der Waals surface area contributed by atoms with Crippen LogP contribution in [0, 0.1) is 0 Å². The van der Waals surface area contributed by atoms with Crippen LogP contribution in [0.5, 0.6) is 0 Å². The Morgan fingerprint density at radius 1 is 1.38 bits per heavy atom. The molecule has 1 aliphatic rings. The van der Waals surface area contributed by atoms with E-state index < -0.39 is 18.2 Å². The summed E-state index contributed by atoms with van der Waals surface area (Å²) in [6, 6.07) is 6.80. The quantitative estimate of drug-likeness (QED) is 0.834. The molecule has 0 radical (unpaired) electrons. The van der Waals surface area contributed by atoms with E-state index in [9.17, 15) is 9.59 Å². The van der Waals surface area contributed by atoms with Gasteiger partial charge in [0.05, 0.1) is 12.2 Å². The molecule has 0 saturated carbocycles. The normalized spacial score (nSPS) is 18.2. The van der Waals surface area contributed by atoms with Gasteiger partial charge in [0.2, 0.25) is 0 Å². The average molecular weight is 394 g/mol. The maximum atomic E-state index is 12.5. The SMILES string of the molecule is CC(C)(C)c1csc([C@@H](NC(=O)C2CNC(=O)O2)c2ccc(Cl)cc2)n1. The summed E-state index contributed by atoms with van der Waals surface area (Å²) < 4.78 is 4.97. The van der Waals surface area contributed by atoms with Crippen LogP contribution in [0.4, 0.5) is 4.79 Å². The van der Waals surface area contributed by atoms with Crippen molar-refractivity contribution in [3.8, 4) is 0 Å². The third-order valence-electron chi connectivity index (χ3n) is 4.00. The maximum Gasteiger partial charge on any atom is 0.408 e. The number of aromatic nitrogens is 1. The van der Waals surface area contributed by atoms with E-state index in [-0.39, 0.29) is 17.9 Å². The summed E-state index contributed by atoms with van der Waals surface area (Å²) in [6.45, 7) is 6.42. The molecule has 1 aromatic carbocycles. The number of nitrogens with one attached hydrogen (secondary N) is 2. The van der Waals surface area contributed by atoms with E-state index in [1.807, 2.05) is 17.5 Å². The highest BCUT2D eigenvalue weighted by atomic mass is 35.5. The largest absolute Gasteiger partial charge is 0.434 e. The van der Waals surface area contributed by atoms with Gasteiger partial charge in [-0.15, -0.1) is 11.3 Å². The molecular weight excluding hydrogens is 374 g/mol. The van der Waals surface area contributed by atoms with Crippen molar-refractivity contribution in [1.29, 1.82) is 0 Å². The summed E-state index contributed by atoms with van der Waals surface area (Å²) in [5, 5.41) is 8.81. The van der Waals surface area contributed by atoms with Crippen molar-refractivity contribution < 1.29 is 14.3 Å². The molecule has 2 atom stereocenters. The van der Waals surface area contributed by atoms with Gasteiger partial charge in [0.1, 0.15) is 11.0 Å². The Labute approximate surface area is 160 Å². The first-order valence-corrected chi connectivity index (χ1v) is 9.46. The van der Waals surface area contributed by atoms with Crippen LogP contribution in [0.1, 0.15) is 43.1 Å². The van der Waals surface area contributed by atoms with Gasteiger partial charge < -0.3 is 15.4 Å². The molecule has 1 saturated heterocycles. The zero-order valence-corrected chi connectivity index (χ0v) is 16.3. The first-order valence-electron chi connectivity index (χ1n) is 8.20. The standard InChI is InChI=1S/C18H20ClN3O3S/c1-18(2,3)13-9-26-16(21-13)14(10-4-6-11(19)7-5-10)22-15(23)12-8-20-17(24)25-12/h4-7,9,12,14H,8H2,1-3H3,(H,20,24)(H,22,23)/t12?,14-/m0/s1. The smallest absolute Gasteiger partial charge is 0.408 e. The molecule has 1 aliphatic heterocycles. The Morgan fingerprint density at radius 2 is 2.08 bits per heavy atom. The zero-order valence-electron chi connectivity index (χ0n) is 14.7. The highest BCUT2D eigenvalue weighted by Crippen LogP contribution is 2.30. The van der Waals surface area contributed by atoms with Crippen LogP contribution >= 0.6 is 22.9 Å². The molecule has 0 aliphatic carbocycles. The lowest BCUT2D eigenvalue weighted by Crippen LogP contribution is -2.39. The van der Waals surface area contributed by atoms with Crippen molar-refractivity contribution in [2.24, 2.45) is 0 Å². The molecule has 138 valence electrons. The zero-order chi connectivity index (χ0) is 18.9. The van der Waals surface area contributed by atoms with Crippen LogP contribution in [-0.4, -0.2) is 29.6 Å². The number of thiazole rings is 1. The Balaban J connectivity index is 1.89. The van der Waals surface area contributed by atoms with Gasteiger partial charge in [0, 0.05) is 15.8 Å². The third kappa shape index (κ3) is 4.16. The summed E-state index contributed by atoms with van der Waals surface area (Å²) in [6.07, 6.45) is -1.43. The lowest BCUT2D eigenvalue weighted by molar-refractivity contribution is -0.128. The minimum absolute atomic E-state index is 0.0891. The summed E-state index contributed by atoms with van der Waals surface area (Å²) in [5.74, 6) is -0.365. The molecule has 26 heavy (non-hydrogen) atoms. The average Bonchev–Trinajstić information content (AvgIpc) is 3.22. The number of cyclic esters (lactones) is 1. The second-order valence-electron chi connectivity index (χ2n) is 7.09. The summed E-state index contributed by atoms with van der Waals surface area (Å²) in [7, 11) is 0. The fraction of sp³-hybridized carbons (Fsp3) is 0.389. The fourth-order valence-electron chi connectivity index (χ4n) is 2.48. The maximum absolute atomic E-state index is 12.5. The number of halogens is 1. The molecule has 2 aromatic rings. The van der Waals surface area contributed by atoms with E-state index in [0.717, 1.165) is 16.3 Å². The lowest BCUT2D eigenvalue weighted by atomic mass is 9.93. The molecule has 0 bridgehead atoms. The van der Waals surface area contributed by atoms with Crippen molar-refractivity contribution >= 4 is 34.9 Å². The molecule has 1 unspecified atom stereocenters. The minimum atomic E-state index is -0.848. The van der Waals surface area contributed by atoms with E-state index in [1.54, 1.807) is 12.1 Å². The van der Waals surface area contributed by atoms with Gasteiger partial charge in [0.15, 0.2) is 6.10 Å². The molecule has 1 aromatic heterocycles. The van der Waals surface area contributed by atoms with Crippen LogP contribution < -0.4 is 10.6 Å². The number of carbonyl (C=O) groups excluding carboxylic acids is 2. The number of hydrogen-bond donors (Lipinski definition) is 2. The number of rotatable bonds is 4. The Morgan fingerprint density at radius 3 is 2.62 bits per heavy atom. The molecule has 8 heteroatoms. The van der Waals surface area contributed by atoms with Gasteiger partial charge in [-0.05, 0) is 17.7 Å². The molecule has 1 fully saturated rings. The van der Waals surface area contributed by atoms with E-state index in [0.29, 0.717) is 5.02 Å². The van der Waals surface area contributed by atoms with Gasteiger partial charge in [-0.1, -0.05) is 44.5 Å². The molecule has 2 heterocycles. The number of benzene rings is 1. The van der Waals surface area contributed by atoms with Gasteiger partial charge in [-0.25, -0.2) is 9.78 Å². The number of carbonyl (C=O) groups is 2. The molecule has 2 amide bonds. The molecule has 0 spiro atoms. The Hall–Kier alpha value is -2.12. The van der Waals surface area contributed by atoms with Crippen LogP contribution in [-0.2, 0) is 14.9 Å². The lowest BCUT2D eigenvalue weighted by Gasteiger charge is -2.19. The number of alkyl carbamates (subject to hydrolysis) is 1. The predicted octanol–water partition coefficient (Wildman–Crippen LogP) is 3.41. The highest BCUT2D eigenvalue weighted by molar-refractivity contribution is 7.09. The van der Waals surface area contributed by atoms with Crippen molar-refractivity contribution in [2.45, 2.75) is 38.3 Å². The topological polar surface area (TPSA) is 80.3 Å². The number of nitrogens with zero attached hydrogens (tertiary/aromatic N) is 1. The number of hydrogen-bond acceptors (Lipinski definition) is 5. The summed E-state index contributed by atoms with van der Waals surface area (Å²) >= 11 is 7.47. The van der Waals surface area contributed by atoms with E-state index in [2.05, 4.69) is 31.4 Å². The van der Waals surface area contributed by atoms with Crippen LogP contribution in [0.15, 0.2) is 29.6 Å². The van der Waals surface area contributed by atoms with Crippen molar-refractivity contribution in [3.63, 3.8) is 0 Å². The number of ether oxygens (including phenoxy) is 1. The first kappa shape index (κ1) is 18.7. The van der Waals surface area contributed by atoms with E-state index in [4.69, 9.17) is 21.3 Å². The van der Waals surface area contributed by atoms with Crippen LogP contribution in [0.2, 0.25) is 5.02 Å². The summed E-state index contributed by atoms with van der Waals surface area (Å²) in [4.78, 5) is 28.5. The van der Waals surface area contributed by atoms with Crippen molar-refractivity contribution in [2.75, 3.05) is 6.54 Å². The molecular formula is C18H20ClN3O3S. The summed E-state index contributed by atoms with van der Waals surface area (Å²) in [5.41, 5.74) is 1.73. The van der Waals surface area contributed by atoms with Gasteiger partial charge in [-0.2, -0.15) is 0 Å². The van der Waals surface area contributed by atoms with Gasteiger partial charge >= 0.3 is 6.09 Å². The van der Waals surface area contributed by atoms with Gasteiger partial charge in [0.25, 0.3) is 5.91 Å². The monoisotopic (exact) mass is 393 g/mol. The molecule has 3 rings (SSSR count). The van der Waals surface area contributed by atoms with Crippen molar-refractivity contribution in [1.82, 2.24) is 15.6 Å². The third-order valence-corrected chi connectivity index (χ3v) is 5.16. The highest BCUT2D eigenvalue weighted by Gasteiger charge is 2.32. The van der Waals surface area contributed by atoms with E-state index >= 15 is 0 Å². The Bertz CT molecular complexity index is 814. The second kappa shape index (κ2) is 7.25. The predicted molar refractivity (Wildman–Crippen MR) is 101 cm³/mol. The minimum Gasteiger partial charge on any atom is -0.434 e. The van der Waals surface area contributed by atoms with Crippen molar-refractivity contribution in [3.05, 3.63) is 50.9 Å². The Kier molecular flexibility index (Phi) is 5.20. The first-order chi connectivity index (χ1) is 12.2. The second-order valence-corrected chi connectivity index (χ2v) is 8.42. The molecule has 2 N–H and O–H groups in total. The number of amides is 2. The van der Waals surface area contributed by atoms with Crippen LogP contribution in [0.3, 0.4) is 0 Å². The van der Waals surface area contributed by atoms with Gasteiger partial charge in [-0.3, -0.25) is 4.79 Å². The van der Waals surface area contributed by atoms with E-state index in [1.165, 1.54) is 11.3 Å². The fourth-order valence-corrected chi connectivity index (χ4v) is 3.72. The van der Waals surface area contributed by atoms with Crippen LogP contribution in [0.25, 0.3) is 0 Å².